The maximum Gasteiger partial charge on any atom is 0.130 e. The van der Waals surface area contributed by atoms with Gasteiger partial charge in [0.1, 0.15) is 11.6 Å². The summed E-state index contributed by atoms with van der Waals surface area (Å²) in [5, 5.41) is 3.17. The Morgan fingerprint density at radius 3 is 2.62 bits per heavy atom. The molecule has 1 aliphatic carbocycles. The van der Waals surface area contributed by atoms with Gasteiger partial charge in [-0.2, -0.15) is 0 Å². The van der Waals surface area contributed by atoms with E-state index < -0.39 is 11.6 Å². The second-order valence-corrected chi connectivity index (χ2v) is 4.74. The van der Waals surface area contributed by atoms with Gasteiger partial charge in [0.05, 0.1) is 0 Å². The molecule has 1 N–H and O–H groups in total. The van der Waals surface area contributed by atoms with Gasteiger partial charge < -0.3 is 5.32 Å². The number of hydrogen-bond acceptors (Lipinski definition) is 1. The summed E-state index contributed by atoms with van der Waals surface area (Å²) in [6.45, 7) is 1.22. The summed E-state index contributed by atoms with van der Waals surface area (Å²) in [6.07, 6.45) is 2.27. The molecule has 1 aromatic rings. The second-order valence-electron chi connectivity index (χ2n) is 4.47. The Morgan fingerprint density at radius 1 is 1.31 bits per heavy atom. The monoisotopic (exact) mass is 245 g/mol. The Balaban J connectivity index is 1.85. The standard InChI is InChI=1S/C12H14ClF2N/c13-7-12(3-4-12)8-16-6-9-1-2-10(14)5-11(9)15/h1-2,5,16H,3-4,6-8H2. The molecule has 0 heterocycles. The third kappa shape index (κ3) is 2.71. The second kappa shape index (κ2) is 4.68. The molecule has 0 atom stereocenters. The van der Waals surface area contributed by atoms with E-state index in [2.05, 4.69) is 5.32 Å². The zero-order valence-corrected chi connectivity index (χ0v) is 9.66. The lowest BCUT2D eigenvalue weighted by molar-refractivity contribution is 0.493. The molecule has 16 heavy (non-hydrogen) atoms. The molecule has 1 aliphatic rings. The SMILES string of the molecule is Fc1ccc(CNCC2(CCl)CC2)c(F)c1. The molecule has 2 rings (SSSR count). The van der Waals surface area contributed by atoms with Gasteiger partial charge in [-0.25, -0.2) is 8.78 Å². The molecule has 0 amide bonds. The third-order valence-corrected chi connectivity index (χ3v) is 3.64. The summed E-state index contributed by atoms with van der Waals surface area (Å²) >= 11 is 5.83. The van der Waals surface area contributed by atoms with Crippen LogP contribution < -0.4 is 5.32 Å². The van der Waals surface area contributed by atoms with Crippen molar-refractivity contribution in [3.63, 3.8) is 0 Å². The van der Waals surface area contributed by atoms with E-state index in [1.807, 2.05) is 0 Å². The lowest BCUT2D eigenvalue weighted by atomic mass is 10.1. The van der Waals surface area contributed by atoms with Crippen LogP contribution in [0.15, 0.2) is 18.2 Å². The van der Waals surface area contributed by atoms with Crippen LogP contribution in [0.4, 0.5) is 8.78 Å². The highest BCUT2D eigenvalue weighted by molar-refractivity contribution is 6.18. The van der Waals surface area contributed by atoms with Gasteiger partial charge in [0, 0.05) is 30.6 Å². The van der Waals surface area contributed by atoms with Crippen LogP contribution in [0.3, 0.4) is 0 Å². The quantitative estimate of drug-likeness (QED) is 0.787. The van der Waals surface area contributed by atoms with Crippen LogP contribution in [-0.4, -0.2) is 12.4 Å². The summed E-state index contributed by atoms with van der Waals surface area (Å²) in [7, 11) is 0. The summed E-state index contributed by atoms with van der Waals surface area (Å²) in [6, 6.07) is 3.65. The van der Waals surface area contributed by atoms with Crippen LogP contribution in [0, 0.1) is 17.0 Å². The van der Waals surface area contributed by atoms with Crippen molar-refractivity contribution in [2.24, 2.45) is 5.41 Å². The van der Waals surface area contributed by atoms with E-state index in [1.54, 1.807) is 0 Å². The molecular weight excluding hydrogens is 232 g/mol. The van der Waals surface area contributed by atoms with Crippen LogP contribution in [0.25, 0.3) is 0 Å². The van der Waals surface area contributed by atoms with Crippen molar-refractivity contribution < 1.29 is 8.78 Å². The zero-order chi connectivity index (χ0) is 11.6. The van der Waals surface area contributed by atoms with Gasteiger partial charge in [0.15, 0.2) is 0 Å². The maximum absolute atomic E-state index is 13.3. The molecule has 0 unspecified atom stereocenters. The number of halogens is 3. The fourth-order valence-electron chi connectivity index (χ4n) is 1.66. The molecule has 0 saturated heterocycles. The van der Waals surface area contributed by atoms with E-state index in [0.717, 1.165) is 25.5 Å². The summed E-state index contributed by atoms with van der Waals surface area (Å²) in [5.41, 5.74) is 0.713. The smallest absolute Gasteiger partial charge is 0.130 e. The number of hydrogen-bond donors (Lipinski definition) is 1. The summed E-state index contributed by atoms with van der Waals surface area (Å²) < 4.78 is 25.9. The van der Waals surface area contributed by atoms with Gasteiger partial charge in [-0.05, 0) is 24.3 Å². The van der Waals surface area contributed by atoms with Crippen molar-refractivity contribution in [1.82, 2.24) is 5.32 Å². The average Bonchev–Trinajstić information content (AvgIpc) is 3.02. The van der Waals surface area contributed by atoms with E-state index in [9.17, 15) is 8.78 Å². The fourth-order valence-corrected chi connectivity index (χ4v) is 2.02. The molecule has 0 bridgehead atoms. The highest BCUT2D eigenvalue weighted by atomic mass is 35.5. The molecule has 1 nitrogen and oxygen atoms in total. The summed E-state index contributed by atoms with van der Waals surface area (Å²) in [4.78, 5) is 0. The first-order valence-corrected chi connectivity index (χ1v) is 5.89. The third-order valence-electron chi connectivity index (χ3n) is 3.07. The van der Waals surface area contributed by atoms with Crippen molar-refractivity contribution in [3.8, 4) is 0 Å². The molecule has 88 valence electrons. The first kappa shape index (κ1) is 11.8. The Hall–Kier alpha value is -0.670. The minimum absolute atomic E-state index is 0.220. The molecule has 1 fully saturated rings. The predicted octanol–water partition coefficient (Wildman–Crippen LogP) is 3.07. The van der Waals surface area contributed by atoms with Crippen molar-refractivity contribution in [2.75, 3.05) is 12.4 Å². The minimum Gasteiger partial charge on any atom is -0.312 e. The molecule has 4 heteroatoms. The van der Waals surface area contributed by atoms with Gasteiger partial charge in [0.2, 0.25) is 0 Å². The topological polar surface area (TPSA) is 12.0 Å². The molecule has 0 spiro atoms. The first-order valence-electron chi connectivity index (χ1n) is 5.36. The van der Waals surface area contributed by atoms with Crippen molar-refractivity contribution in [1.29, 1.82) is 0 Å². The molecule has 0 aliphatic heterocycles. The van der Waals surface area contributed by atoms with Crippen LogP contribution in [-0.2, 0) is 6.54 Å². The van der Waals surface area contributed by atoms with Gasteiger partial charge in [0.25, 0.3) is 0 Å². The summed E-state index contributed by atoms with van der Waals surface area (Å²) in [5.74, 6) is -0.393. The molecule has 0 radical (unpaired) electrons. The molecular formula is C12H14ClF2N. The number of rotatable bonds is 5. The van der Waals surface area contributed by atoms with E-state index in [1.165, 1.54) is 12.1 Å². The van der Waals surface area contributed by atoms with Crippen LogP contribution in [0.5, 0.6) is 0 Å². The molecule has 1 saturated carbocycles. The molecule has 0 aromatic heterocycles. The van der Waals surface area contributed by atoms with Crippen molar-refractivity contribution in [3.05, 3.63) is 35.4 Å². The Morgan fingerprint density at radius 2 is 2.06 bits per heavy atom. The normalized spacial score (nSPS) is 17.4. The Labute approximate surface area is 98.8 Å². The van der Waals surface area contributed by atoms with E-state index >= 15 is 0 Å². The van der Waals surface area contributed by atoms with Crippen molar-refractivity contribution in [2.45, 2.75) is 19.4 Å². The van der Waals surface area contributed by atoms with E-state index in [4.69, 9.17) is 11.6 Å². The number of benzene rings is 1. The fraction of sp³-hybridized carbons (Fsp3) is 0.500. The largest absolute Gasteiger partial charge is 0.312 e. The van der Waals surface area contributed by atoms with E-state index in [-0.39, 0.29) is 5.41 Å². The molecule has 1 aromatic carbocycles. The van der Waals surface area contributed by atoms with Crippen LogP contribution >= 0.6 is 11.6 Å². The first-order chi connectivity index (χ1) is 7.65. The Kier molecular flexibility index (Phi) is 3.45. The van der Waals surface area contributed by atoms with Gasteiger partial charge in [-0.1, -0.05) is 6.07 Å². The highest BCUT2D eigenvalue weighted by Crippen LogP contribution is 2.45. The maximum atomic E-state index is 13.3. The lowest BCUT2D eigenvalue weighted by Crippen LogP contribution is -2.25. The van der Waals surface area contributed by atoms with Crippen LogP contribution in [0.2, 0.25) is 0 Å². The number of nitrogens with one attached hydrogen (secondary N) is 1. The zero-order valence-electron chi connectivity index (χ0n) is 8.90. The number of alkyl halides is 1. The van der Waals surface area contributed by atoms with Crippen molar-refractivity contribution >= 4 is 11.6 Å². The van der Waals surface area contributed by atoms with Gasteiger partial charge in [-0.15, -0.1) is 11.6 Å². The van der Waals surface area contributed by atoms with Gasteiger partial charge in [-0.3, -0.25) is 0 Å². The minimum atomic E-state index is -0.541. The Bertz CT molecular complexity index is 377. The van der Waals surface area contributed by atoms with Gasteiger partial charge >= 0.3 is 0 Å². The van der Waals surface area contributed by atoms with E-state index in [0.29, 0.717) is 18.0 Å². The average molecular weight is 246 g/mol. The predicted molar refractivity (Wildman–Crippen MR) is 60.5 cm³/mol. The highest BCUT2D eigenvalue weighted by Gasteiger charge is 2.41. The lowest BCUT2D eigenvalue weighted by Gasteiger charge is -2.12. The van der Waals surface area contributed by atoms with Crippen LogP contribution in [0.1, 0.15) is 18.4 Å².